The van der Waals surface area contributed by atoms with Crippen molar-refractivity contribution >= 4 is 5.96 Å². The van der Waals surface area contributed by atoms with Gasteiger partial charge in [-0.05, 0) is 37.4 Å². The molecule has 1 fully saturated rings. The van der Waals surface area contributed by atoms with Gasteiger partial charge in [-0.15, -0.1) is 0 Å². The molecule has 5 heteroatoms. The molecule has 0 unspecified atom stereocenters. The molecule has 0 aromatic carbocycles. The Morgan fingerprint density at radius 3 is 3.00 bits per heavy atom. The molecule has 2 rings (SSSR count). The van der Waals surface area contributed by atoms with Crippen LogP contribution in [0.2, 0.25) is 0 Å². The van der Waals surface area contributed by atoms with Crippen molar-refractivity contribution in [2.75, 3.05) is 26.7 Å². The molecule has 1 aliphatic heterocycles. The first-order chi connectivity index (χ1) is 10.2. The van der Waals surface area contributed by atoms with E-state index in [9.17, 15) is 0 Å². The lowest BCUT2D eigenvalue weighted by atomic mass is 10.1. The summed E-state index contributed by atoms with van der Waals surface area (Å²) < 4.78 is 5.31. The molecule has 0 bridgehead atoms. The van der Waals surface area contributed by atoms with E-state index in [1.807, 2.05) is 12.1 Å². The molecule has 1 saturated heterocycles. The van der Waals surface area contributed by atoms with Crippen LogP contribution >= 0.6 is 0 Å². The zero-order valence-corrected chi connectivity index (χ0v) is 13.4. The molecular weight excluding hydrogens is 264 g/mol. The summed E-state index contributed by atoms with van der Waals surface area (Å²) in [4.78, 5) is 6.86. The molecule has 0 aliphatic carbocycles. The van der Waals surface area contributed by atoms with Crippen LogP contribution < -0.4 is 10.6 Å². The predicted octanol–water partition coefficient (Wildman–Crippen LogP) is 2.06. The molecule has 1 aromatic heterocycles. The standard InChI is InChI=1S/C16H28N4O/c1-13(2)12-20-8-4-6-14(20)10-18-16(17-3)19-11-15-7-5-9-21-15/h5,7,9,13-14H,4,6,8,10-12H2,1-3H3,(H2,17,18,19)/t14-/m0/s1. The fraction of sp³-hybridized carbons (Fsp3) is 0.688. The van der Waals surface area contributed by atoms with Crippen molar-refractivity contribution in [2.45, 2.75) is 39.3 Å². The molecule has 0 radical (unpaired) electrons. The van der Waals surface area contributed by atoms with Gasteiger partial charge in [0.2, 0.25) is 0 Å². The highest BCUT2D eigenvalue weighted by atomic mass is 16.3. The fourth-order valence-corrected chi connectivity index (χ4v) is 2.85. The second kappa shape index (κ2) is 8.08. The number of hydrogen-bond donors (Lipinski definition) is 2. The highest BCUT2D eigenvalue weighted by Crippen LogP contribution is 2.17. The van der Waals surface area contributed by atoms with E-state index in [4.69, 9.17) is 4.42 Å². The van der Waals surface area contributed by atoms with Crippen molar-refractivity contribution in [2.24, 2.45) is 10.9 Å². The van der Waals surface area contributed by atoms with Gasteiger partial charge in [0.25, 0.3) is 0 Å². The number of aliphatic imine (C=N–C) groups is 1. The summed E-state index contributed by atoms with van der Waals surface area (Å²) in [5, 5.41) is 6.71. The predicted molar refractivity (Wildman–Crippen MR) is 86.3 cm³/mol. The minimum Gasteiger partial charge on any atom is -0.467 e. The molecule has 0 spiro atoms. The van der Waals surface area contributed by atoms with Crippen LogP contribution in [-0.2, 0) is 6.54 Å². The van der Waals surface area contributed by atoms with Crippen LogP contribution in [0.3, 0.4) is 0 Å². The third kappa shape index (κ3) is 5.08. The quantitative estimate of drug-likeness (QED) is 0.622. The molecule has 21 heavy (non-hydrogen) atoms. The second-order valence-corrected chi connectivity index (χ2v) is 6.07. The van der Waals surface area contributed by atoms with Gasteiger partial charge in [0.1, 0.15) is 5.76 Å². The second-order valence-electron chi connectivity index (χ2n) is 6.07. The lowest BCUT2D eigenvalue weighted by Gasteiger charge is -2.26. The summed E-state index contributed by atoms with van der Waals surface area (Å²) in [6.45, 7) is 8.59. The monoisotopic (exact) mass is 292 g/mol. The molecule has 118 valence electrons. The Bertz CT molecular complexity index is 427. The Balaban J connectivity index is 1.74. The lowest BCUT2D eigenvalue weighted by molar-refractivity contribution is 0.226. The molecule has 2 heterocycles. The van der Waals surface area contributed by atoms with Gasteiger partial charge in [0.15, 0.2) is 5.96 Å². The third-order valence-corrected chi connectivity index (χ3v) is 3.84. The maximum absolute atomic E-state index is 5.31. The van der Waals surface area contributed by atoms with Gasteiger partial charge in [0.05, 0.1) is 12.8 Å². The van der Waals surface area contributed by atoms with E-state index >= 15 is 0 Å². The molecule has 1 aromatic rings. The minimum atomic E-state index is 0.620. The van der Waals surface area contributed by atoms with Crippen molar-refractivity contribution in [1.82, 2.24) is 15.5 Å². The van der Waals surface area contributed by atoms with Gasteiger partial charge in [-0.1, -0.05) is 13.8 Å². The number of nitrogens with one attached hydrogen (secondary N) is 2. The third-order valence-electron chi connectivity index (χ3n) is 3.84. The van der Waals surface area contributed by atoms with E-state index in [0.717, 1.165) is 24.2 Å². The van der Waals surface area contributed by atoms with E-state index in [1.54, 1.807) is 13.3 Å². The normalized spacial score (nSPS) is 20.2. The van der Waals surface area contributed by atoms with Crippen molar-refractivity contribution < 1.29 is 4.42 Å². The van der Waals surface area contributed by atoms with Gasteiger partial charge >= 0.3 is 0 Å². The Morgan fingerprint density at radius 1 is 1.48 bits per heavy atom. The minimum absolute atomic E-state index is 0.620. The molecule has 1 atom stereocenters. The van der Waals surface area contributed by atoms with E-state index in [2.05, 4.69) is 34.4 Å². The fourth-order valence-electron chi connectivity index (χ4n) is 2.85. The van der Waals surface area contributed by atoms with Crippen molar-refractivity contribution in [1.29, 1.82) is 0 Å². The first kappa shape index (κ1) is 15.9. The molecule has 0 amide bonds. The Labute approximate surface area is 127 Å². The summed E-state index contributed by atoms with van der Waals surface area (Å²) in [7, 11) is 1.80. The smallest absolute Gasteiger partial charge is 0.191 e. The number of rotatable bonds is 6. The van der Waals surface area contributed by atoms with Crippen LogP contribution in [0, 0.1) is 5.92 Å². The van der Waals surface area contributed by atoms with Gasteiger partial charge in [0, 0.05) is 26.2 Å². The Kier molecular flexibility index (Phi) is 6.11. The van der Waals surface area contributed by atoms with E-state index in [1.165, 1.54) is 25.9 Å². The van der Waals surface area contributed by atoms with Crippen molar-refractivity contribution in [3.8, 4) is 0 Å². The van der Waals surface area contributed by atoms with Gasteiger partial charge in [-0.25, -0.2) is 0 Å². The summed E-state index contributed by atoms with van der Waals surface area (Å²) in [6, 6.07) is 4.48. The largest absolute Gasteiger partial charge is 0.467 e. The van der Waals surface area contributed by atoms with Crippen LogP contribution in [0.1, 0.15) is 32.4 Å². The zero-order valence-electron chi connectivity index (χ0n) is 13.4. The van der Waals surface area contributed by atoms with Gasteiger partial charge in [-0.3, -0.25) is 9.89 Å². The SMILES string of the molecule is CN=C(NCc1ccco1)NC[C@@H]1CCCN1CC(C)C. The van der Waals surface area contributed by atoms with Crippen LogP contribution in [0.15, 0.2) is 27.8 Å². The summed E-state index contributed by atoms with van der Waals surface area (Å²) >= 11 is 0. The Morgan fingerprint density at radius 2 is 2.33 bits per heavy atom. The average Bonchev–Trinajstić information content (AvgIpc) is 3.10. The number of guanidine groups is 1. The zero-order chi connectivity index (χ0) is 15.1. The molecule has 0 saturated carbocycles. The highest BCUT2D eigenvalue weighted by molar-refractivity contribution is 5.79. The topological polar surface area (TPSA) is 52.8 Å². The first-order valence-electron chi connectivity index (χ1n) is 7.90. The van der Waals surface area contributed by atoms with Crippen LogP contribution in [0.4, 0.5) is 0 Å². The molecule has 1 aliphatic rings. The van der Waals surface area contributed by atoms with E-state index in [0.29, 0.717) is 12.6 Å². The molecule has 2 N–H and O–H groups in total. The summed E-state index contributed by atoms with van der Waals surface area (Å²) in [6.07, 6.45) is 4.27. The first-order valence-corrected chi connectivity index (χ1v) is 7.90. The van der Waals surface area contributed by atoms with E-state index < -0.39 is 0 Å². The Hall–Kier alpha value is -1.49. The highest BCUT2D eigenvalue weighted by Gasteiger charge is 2.24. The summed E-state index contributed by atoms with van der Waals surface area (Å²) in [5.41, 5.74) is 0. The van der Waals surface area contributed by atoms with Crippen LogP contribution in [0.25, 0.3) is 0 Å². The van der Waals surface area contributed by atoms with Crippen LogP contribution in [-0.4, -0.2) is 43.6 Å². The maximum Gasteiger partial charge on any atom is 0.191 e. The average molecular weight is 292 g/mol. The molecular formula is C16H28N4O. The number of nitrogens with zero attached hydrogens (tertiary/aromatic N) is 2. The number of likely N-dealkylation sites (tertiary alicyclic amines) is 1. The van der Waals surface area contributed by atoms with Gasteiger partial charge < -0.3 is 15.1 Å². The maximum atomic E-state index is 5.31. The van der Waals surface area contributed by atoms with Crippen molar-refractivity contribution in [3.63, 3.8) is 0 Å². The summed E-state index contributed by atoms with van der Waals surface area (Å²) in [5.74, 6) is 2.48. The van der Waals surface area contributed by atoms with E-state index in [-0.39, 0.29) is 0 Å². The van der Waals surface area contributed by atoms with Crippen molar-refractivity contribution in [3.05, 3.63) is 24.2 Å². The number of furan rings is 1. The number of hydrogen-bond acceptors (Lipinski definition) is 3. The van der Waals surface area contributed by atoms with Crippen LogP contribution in [0.5, 0.6) is 0 Å². The molecule has 5 nitrogen and oxygen atoms in total. The lowest BCUT2D eigenvalue weighted by Crippen LogP contribution is -2.45. The van der Waals surface area contributed by atoms with Gasteiger partial charge in [-0.2, -0.15) is 0 Å².